The Bertz CT molecular complexity index is 1120. The van der Waals surface area contributed by atoms with Gasteiger partial charge in [-0.25, -0.2) is 4.79 Å². The van der Waals surface area contributed by atoms with Gasteiger partial charge in [0, 0.05) is 12.5 Å². The summed E-state index contributed by atoms with van der Waals surface area (Å²) >= 11 is 0. The van der Waals surface area contributed by atoms with Gasteiger partial charge in [0.05, 0.1) is 17.5 Å². The van der Waals surface area contributed by atoms with Gasteiger partial charge in [0.15, 0.2) is 0 Å². The number of ether oxygens (including phenoxy) is 1. The molecule has 0 saturated heterocycles. The van der Waals surface area contributed by atoms with Crippen molar-refractivity contribution in [1.82, 2.24) is 5.32 Å². The van der Waals surface area contributed by atoms with E-state index in [9.17, 15) is 15.0 Å². The monoisotopic (exact) mass is 447 g/mol. The van der Waals surface area contributed by atoms with Gasteiger partial charge in [0.25, 0.3) is 0 Å². The molecule has 1 amide bonds. The predicted octanol–water partition coefficient (Wildman–Crippen LogP) is 3.48. The van der Waals surface area contributed by atoms with Crippen molar-refractivity contribution in [3.05, 3.63) is 82.9 Å². The Labute approximate surface area is 193 Å². The maximum Gasteiger partial charge on any atom is 0.407 e. The summed E-state index contributed by atoms with van der Waals surface area (Å²) in [7, 11) is 0. The lowest BCUT2D eigenvalue weighted by Gasteiger charge is -2.21. The molecule has 0 bridgehead atoms. The first kappa shape index (κ1) is 22.6. The summed E-state index contributed by atoms with van der Waals surface area (Å²) in [5, 5.41) is 23.5. The highest BCUT2D eigenvalue weighted by Crippen LogP contribution is 2.44. The molecule has 33 heavy (non-hydrogen) atoms. The summed E-state index contributed by atoms with van der Waals surface area (Å²) in [5.74, 6) is -0.0190. The molecule has 2 atom stereocenters. The summed E-state index contributed by atoms with van der Waals surface area (Å²) in [6, 6.07) is 19.5. The van der Waals surface area contributed by atoms with Crippen molar-refractivity contribution < 1.29 is 19.7 Å². The van der Waals surface area contributed by atoms with Crippen LogP contribution in [0.4, 0.5) is 16.2 Å². The molecule has 3 aromatic rings. The van der Waals surface area contributed by atoms with E-state index < -0.39 is 18.3 Å². The van der Waals surface area contributed by atoms with Crippen molar-refractivity contribution in [3.8, 4) is 11.1 Å². The number of amides is 1. The lowest BCUT2D eigenvalue weighted by Crippen LogP contribution is -2.30. The Morgan fingerprint density at radius 3 is 2.21 bits per heavy atom. The Kier molecular flexibility index (Phi) is 6.53. The van der Waals surface area contributed by atoms with E-state index in [1.807, 2.05) is 24.3 Å². The van der Waals surface area contributed by atoms with Crippen LogP contribution in [0.3, 0.4) is 0 Å². The lowest BCUT2D eigenvalue weighted by molar-refractivity contribution is 0.0133. The molecular formula is C26H29N3O4. The normalized spacial score (nSPS) is 14.3. The van der Waals surface area contributed by atoms with Crippen LogP contribution in [-0.4, -0.2) is 35.6 Å². The number of nitrogen functional groups attached to an aromatic ring is 2. The van der Waals surface area contributed by atoms with E-state index in [0.717, 1.165) is 27.8 Å². The number of hydrogen-bond acceptors (Lipinski definition) is 6. The maximum atomic E-state index is 12.3. The first-order valence-corrected chi connectivity index (χ1v) is 11.0. The van der Waals surface area contributed by atoms with Crippen molar-refractivity contribution in [2.45, 2.75) is 31.5 Å². The van der Waals surface area contributed by atoms with Crippen LogP contribution in [0, 0.1) is 6.92 Å². The third kappa shape index (κ3) is 4.65. The van der Waals surface area contributed by atoms with Crippen LogP contribution in [-0.2, 0) is 4.74 Å². The Morgan fingerprint density at radius 1 is 1.00 bits per heavy atom. The fraction of sp³-hybridized carbons (Fsp3) is 0.269. The van der Waals surface area contributed by atoms with Gasteiger partial charge in [0.2, 0.25) is 0 Å². The van der Waals surface area contributed by atoms with E-state index in [2.05, 4.69) is 29.6 Å². The quantitative estimate of drug-likeness (QED) is 0.353. The highest BCUT2D eigenvalue weighted by atomic mass is 16.5. The molecular weight excluding hydrogens is 418 g/mol. The second kappa shape index (κ2) is 9.52. The van der Waals surface area contributed by atoms with E-state index in [1.165, 1.54) is 0 Å². The average Bonchev–Trinajstić information content (AvgIpc) is 3.13. The van der Waals surface area contributed by atoms with Gasteiger partial charge in [-0.2, -0.15) is 0 Å². The second-order valence-corrected chi connectivity index (χ2v) is 8.39. The maximum absolute atomic E-state index is 12.3. The summed E-state index contributed by atoms with van der Waals surface area (Å²) in [4.78, 5) is 12.3. The van der Waals surface area contributed by atoms with Crippen LogP contribution >= 0.6 is 0 Å². The van der Waals surface area contributed by atoms with E-state index in [0.29, 0.717) is 16.9 Å². The van der Waals surface area contributed by atoms with Crippen LogP contribution in [0.25, 0.3) is 11.1 Å². The van der Waals surface area contributed by atoms with Crippen molar-refractivity contribution in [3.63, 3.8) is 0 Å². The van der Waals surface area contributed by atoms with Gasteiger partial charge < -0.3 is 31.7 Å². The van der Waals surface area contributed by atoms with Gasteiger partial charge >= 0.3 is 6.09 Å². The number of alkyl carbamates (subject to hydrolysis) is 1. The molecule has 0 radical (unpaired) electrons. The molecule has 3 aromatic carbocycles. The minimum atomic E-state index is -1.14. The van der Waals surface area contributed by atoms with Crippen LogP contribution in [0.2, 0.25) is 0 Å². The Hall–Kier alpha value is -3.55. The zero-order valence-electron chi connectivity index (χ0n) is 18.5. The van der Waals surface area contributed by atoms with Gasteiger partial charge in [-0.15, -0.1) is 0 Å². The number of aliphatic hydroxyl groups excluding tert-OH is 2. The topological polar surface area (TPSA) is 131 Å². The first-order chi connectivity index (χ1) is 15.9. The zero-order valence-corrected chi connectivity index (χ0v) is 18.5. The Balaban J connectivity index is 1.30. The Morgan fingerprint density at radius 2 is 1.58 bits per heavy atom. The molecule has 7 nitrogen and oxygen atoms in total. The number of anilines is 2. The fourth-order valence-electron chi connectivity index (χ4n) is 4.42. The number of benzene rings is 3. The molecule has 0 aromatic heterocycles. The van der Waals surface area contributed by atoms with E-state index in [1.54, 1.807) is 19.1 Å². The SMILES string of the molecule is Cc1cc(N)c(N)cc1C(O)C(O)CCNC(=O)OCC1c2ccccc2-c2ccccc21. The second-order valence-electron chi connectivity index (χ2n) is 8.39. The van der Waals surface area contributed by atoms with Crippen molar-refractivity contribution in [2.24, 2.45) is 0 Å². The van der Waals surface area contributed by atoms with E-state index in [-0.39, 0.29) is 25.5 Å². The van der Waals surface area contributed by atoms with Crippen molar-refractivity contribution in [1.29, 1.82) is 0 Å². The zero-order chi connectivity index (χ0) is 23.5. The molecule has 0 saturated carbocycles. The molecule has 0 fully saturated rings. The first-order valence-electron chi connectivity index (χ1n) is 11.0. The van der Waals surface area contributed by atoms with E-state index in [4.69, 9.17) is 16.2 Å². The summed E-state index contributed by atoms with van der Waals surface area (Å²) in [6.45, 7) is 2.16. The van der Waals surface area contributed by atoms with Gasteiger partial charge in [-0.3, -0.25) is 0 Å². The molecule has 2 unspecified atom stereocenters. The van der Waals surface area contributed by atoms with Crippen molar-refractivity contribution in [2.75, 3.05) is 24.6 Å². The standard InChI is InChI=1S/C26H29N3O4/c1-15-12-22(27)23(28)13-20(15)25(31)24(30)10-11-29-26(32)33-14-21-18-8-4-2-6-16(18)17-7-3-5-9-19(17)21/h2-9,12-13,21,24-25,30-31H,10-11,14,27-28H2,1H3,(H,29,32). The minimum absolute atomic E-state index is 0.0190. The van der Waals surface area contributed by atoms with Gasteiger partial charge in [0.1, 0.15) is 12.7 Å². The van der Waals surface area contributed by atoms with Crippen LogP contribution in [0.1, 0.15) is 40.7 Å². The number of aryl methyl sites for hydroxylation is 1. The summed E-state index contributed by atoms with van der Waals surface area (Å²) in [6.07, 6.45) is -2.64. The molecule has 1 aliphatic rings. The number of nitrogens with two attached hydrogens (primary N) is 2. The van der Waals surface area contributed by atoms with Gasteiger partial charge in [-0.1, -0.05) is 48.5 Å². The van der Waals surface area contributed by atoms with Crippen molar-refractivity contribution >= 4 is 17.5 Å². The number of fused-ring (bicyclic) bond motifs is 3. The smallest absolute Gasteiger partial charge is 0.407 e. The average molecular weight is 448 g/mol. The number of carbonyl (C=O) groups excluding carboxylic acids is 1. The summed E-state index contributed by atoms with van der Waals surface area (Å²) in [5.41, 5.74) is 18.2. The number of carbonyl (C=O) groups is 1. The van der Waals surface area contributed by atoms with Crippen LogP contribution in [0.5, 0.6) is 0 Å². The highest BCUT2D eigenvalue weighted by Gasteiger charge is 2.29. The summed E-state index contributed by atoms with van der Waals surface area (Å²) < 4.78 is 5.49. The third-order valence-electron chi connectivity index (χ3n) is 6.21. The van der Waals surface area contributed by atoms with Crippen LogP contribution in [0.15, 0.2) is 60.7 Å². The van der Waals surface area contributed by atoms with E-state index >= 15 is 0 Å². The number of rotatable bonds is 7. The molecule has 7 N–H and O–H groups in total. The molecule has 0 spiro atoms. The number of hydrogen-bond donors (Lipinski definition) is 5. The van der Waals surface area contributed by atoms with Gasteiger partial charge in [-0.05, 0) is 58.9 Å². The fourth-order valence-corrected chi connectivity index (χ4v) is 4.42. The minimum Gasteiger partial charge on any atom is -0.449 e. The largest absolute Gasteiger partial charge is 0.449 e. The number of nitrogens with one attached hydrogen (secondary N) is 1. The molecule has 4 rings (SSSR count). The molecule has 7 heteroatoms. The predicted molar refractivity (Wildman–Crippen MR) is 129 cm³/mol. The molecule has 0 aliphatic heterocycles. The third-order valence-corrected chi connectivity index (χ3v) is 6.21. The van der Waals surface area contributed by atoms with Crippen LogP contribution < -0.4 is 16.8 Å². The lowest BCUT2D eigenvalue weighted by atomic mass is 9.96. The highest BCUT2D eigenvalue weighted by molar-refractivity contribution is 5.79. The molecule has 0 heterocycles. The molecule has 172 valence electrons. The number of aliphatic hydroxyl groups is 2. The molecule has 1 aliphatic carbocycles.